The van der Waals surface area contributed by atoms with Gasteiger partial charge in [-0.2, -0.15) is 0 Å². The van der Waals surface area contributed by atoms with E-state index in [2.05, 4.69) is 28.2 Å². The van der Waals surface area contributed by atoms with Crippen LogP contribution in [0.5, 0.6) is 0 Å². The van der Waals surface area contributed by atoms with Crippen LogP contribution in [0.2, 0.25) is 0 Å². The molecule has 1 aromatic carbocycles. The molecule has 3 heteroatoms. The summed E-state index contributed by atoms with van der Waals surface area (Å²) in [6.07, 6.45) is 2.50. The van der Waals surface area contributed by atoms with Crippen LogP contribution in [0.25, 0.3) is 0 Å². The van der Waals surface area contributed by atoms with Crippen molar-refractivity contribution in [2.75, 3.05) is 0 Å². The highest BCUT2D eigenvalue weighted by Gasteiger charge is 2.29. The number of benzene rings is 1. The molecule has 1 unspecified atom stereocenters. The summed E-state index contributed by atoms with van der Waals surface area (Å²) < 4.78 is 0.985. The van der Waals surface area contributed by atoms with Gasteiger partial charge < -0.3 is 5.32 Å². The summed E-state index contributed by atoms with van der Waals surface area (Å²) in [6.45, 7) is 4.09. The molecule has 0 spiro atoms. The molecule has 0 radical (unpaired) electrons. The quantitative estimate of drug-likeness (QED) is 0.905. The zero-order valence-corrected chi connectivity index (χ0v) is 11.2. The predicted molar refractivity (Wildman–Crippen MR) is 68.5 cm³/mol. The third-order valence-corrected chi connectivity index (χ3v) is 3.98. The largest absolute Gasteiger partial charge is 0.349 e. The van der Waals surface area contributed by atoms with E-state index < -0.39 is 0 Å². The van der Waals surface area contributed by atoms with Crippen molar-refractivity contribution in [3.63, 3.8) is 0 Å². The van der Waals surface area contributed by atoms with Crippen LogP contribution in [-0.4, -0.2) is 11.9 Å². The summed E-state index contributed by atoms with van der Waals surface area (Å²) in [5.74, 6) is 0.720. The molecule has 1 saturated carbocycles. The lowest BCUT2D eigenvalue weighted by Gasteiger charge is -2.13. The molecule has 2 rings (SSSR count). The lowest BCUT2D eigenvalue weighted by Crippen LogP contribution is -2.33. The van der Waals surface area contributed by atoms with Gasteiger partial charge in [-0.05, 0) is 50.3 Å². The molecule has 0 heterocycles. The average Bonchev–Trinajstić information content (AvgIpc) is 3.05. The first-order valence-electron chi connectivity index (χ1n) is 5.65. The highest BCUT2D eigenvalue weighted by Crippen LogP contribution is 2.32. The Hall–Kier alpha value is -0.830. The van der Waals surface area contributed by atoms with Gasteiger partial charge in [-0.25, -0.2) is 0 Å². The normalized spacial score (nSPS) is 16.9. The lowest BCUT2D eigenvalue weighted by atomic mass is 10.1. The molecule has 1 aromatic rings. The maximum atomic E-state index is 11.9. The summed E-state index contributed by atoms with van der Waals surface area (Å²) in [5.41, 5.74) is 1.87. The summed E-state index contributed by atoms with van der Waals surface area (Å²) >= 11 is 3.44. The van der Waals surface area contributed by atoms with Crippen LogP contribution in [0.1, 0.15) is 35.7 Å². The zero-order chi connectivity index (χ0) is 11.7. The van der Waals surface area contributed by atoms with Gasteiger partial charge in [-0.3, -0.25) is 4.79 Å². The number of rotatable bonds is 3. The highest BCUT2D eigenvalue weighted by molar-refractivity contribution is 9.10. The summed E-state index contributed by atoms with van der Waals surface area (Å²) in [4.78, 5) is 11.9. The molecule has 86 valence electrons. The lowest BCUT2D eigenvalue weighted by molar-refractivity contribution is 0.0936. The SMILES string of the molecule is Cc1ccc(C(=O)NC(C)C2CC2)cc1Br. The van der Waals surface area contributed by atoms with Crippen molar-refractivity contribution in [2.24, 2.45) is 5.92 Å². The van der Waals surface area contributed by atoms with Crippen molar-refractivity contribution in [2.45, 2.75) is 32.7 Å². The second-order valence-corrected chi connectivity index (χ2v) is 5.42. The van der Waals surface area contributed by atoms with Gasteiger partial charge in [-0.1, -0.05) is 22.0 Å². The summed E-state index contributed by atoms with van der Waals surface area (Å²) in [5, 5.41) is 3.05. The Balaban J connectivity index is 2.05. The third-order valence-electron chi connectivity index (χ3n) is 3.12. The molecule has 1 aliphatic carbocycles. The van der Waals surface area contributed by atoms with E-state index in [9.17, 15) is 4.79 Å². The predicted octanol–water partition coefficient (Wildman–Crippen LogP) is 3.29. The number of carbonyl (C=O) groups is 1. The average molecular weight is 282 g/mol. The van der Waals surface area contributed by atoms with Gasteiger partial charge in [0.1, 0.15) is 0 Å². The number of halogens is 1. The number of hydrogen-bond acceptors (Lipinski definition) is 1. The first-order valence-corrected chi connectivity index (χ1v) is 6.44. The smallest absolute Gasteiger partial charge is 0.251 e. The van der Waals surface area contributed by atoms with Crippen LogP contribution in [0.3, 0.4) is 0 Å². The van der Waals surface area contributed by atoms with E-state index in [4.69, 9.17) is 0 Å². The van der Waals surface area contributed by atoms with Crippen molar-refractivity contribution in [3.8, 4) is 0 Å². The molecular formula is C13H16BrNO. The van der Waals surface area contributed by atoms with Crippen LogP contribution in [-0.2, 0) is 0 Å². The molecule has 16 heavy (non-hydrogen) atoms. The van der Waals surface area contributed by atoms with Crippen LogP contribution < -0.4 is 5.32 Å². The Morgan fingerprint density at radius 3 is 2.75 bits per heavy atom. The van der Waals surface area contributed by atoms with E-state index >= 15 is 0 Å². The Kier molecular flexibility index (Phi) is 3.33. The molecule has 1 aliphatic rings. The molecule has 0 aliphatic heterocycles. The fourth-order valence-electron chi connectivity index (χ4n) is 1.74. The fraction of sp³-hybridized carbons (Fsp3) is 0.462. The molecule has 0 saturated heterocycles. The van der Waals surface area contributed by atoms with E-state index in [1.54, 1.807) is 0 Å². The van der Waals surface area contributed by atoms with Crippen molar-refractivity contribution >= 4 is 21.8 Å². The van der Waals surface area contributed by atoms with E-state index in [-0.39, 0.29) is 5.91 Å². The molecule has 1 fully saturated rings. The van der Waals surface area contributed by atoms with Crippen LogP contribution in [0.4, 0.5) is 0 Å². The van der Waals surface area contributed by atoms with Crippen molar-refractivity contribution < 1.29 is 4.79 Å². The van der Waals surface area contributed by atoms with Crippen molar-refractivity contribution in [1.29, 1.82) is 0 Å². The van der Waals surface area contributed by atoms with Crippen LogP contribution in [0.15, 0.2) is 22.7 Å². The van der Waals surface area contributed by atoms with E-state index in [1.165, 1.54) is 12.8 Å². The maximum absolute atomic E-state index is 11.9. The fourth-order valence-corrected chi connectivity index (χ4v) is 2.12. The Bertz CT molecular complexity index is 412. The van der Waals surface area contributed by atoms with E-state index in [0.717, 1.165) is 15.6 Å². The van der Waals surface area contributed by atoms with Gasteiger partial charge in [0, 0.05) is 16.1 Å². The topological polar surface area (TPSA) is 29.1 Å². The van der Waals surface area contributed by atoms with Gasteiger partial charge in [0.15, 0.2) is 0 Å². The minimum absolute atomic E-state index is 0.0279. The Labute approximate surface area is 105 Å². The maximum Gasteiger partial charge on any atom is 0.251 e. The second kappa shape index (κ2) is 4.58. The van der Waals surface area contributed by atoms with Crippen molar-refractivity contribution in [1.82, 2.24) is 5.32 Å². The molecule has 0 bridgehead atoms. The Morgan fingerprint density at radius 1 is 1.50 bits per heavy atom. The second-order valence-electron chi connectivity index (χ2n) is 4.56. The molecule has 1 atom stereocenters. The van der Waals surface area contributed by atoms with Gasteiger partial charge in [0.05, 0.1) is 0 Å². The van der Waals surface area contributed by atoms with Crippen LogP contribution in [0, 0.1) is 12.8 Å². The minimum atomic E-state index is 0.0279. The number of carbonyl (C=O) groups excluding carboxylic acids is 1. The summed E-state index contributed by atoms with van der Waals surface area (Å²) in [7, 11) is 0. The Morgan fingerprint density at radius 2 is 2.19 bits per heavy atom. The standard InChI is InChI=1S/C13H16BrNO/c1-8-3-4-11(7-12(8)14)13(16)15-9(2)10-5-6-10/h3-4,7,9-10H,5-6H2,1-2H3,(H,15,16). The number of aryl methyl sites for hydroxylation is 1. The number of hydrogen-bond donors (Lipinski definition) is 1. The molecule has 2 nitrogen and oxygen atoms in total. The van der Waals surface area contributed by atoms with Gasteiger partial charge in [0.2, 0.25) is 0 Å². The third kappa shape index (κ3) is 2.64. The monoisotopic (exact) mass is 281 g/mol. The molecule has 1 N–H and O–H groups in total. The first-order chi connectivity index (χ1) is 7.58. The number of amides is 1. The van der Waals surface area contributed by atoms with Crippen LogP contribution >= 0.6 is 15.9 Å². The van der Waals surface area contributed by atoms with Crippen molar-refractivity contribution in [3.05, 3.63) is 33.8 Å². The number of nitrogens with one attached hydrogen (secondary N) is 1. The molecule has 0 aromatic heterocycles. The first kappa shape index (κ1) is 11.6. The van der Waals surface area contributed by atoms with E-state index in [1.807, 2.05) is 25.1 Å². The minimum Gasteiger partial charge on any atom is -0.349 e. The molecule has 1 amide bonds. The highest BCUT2D eigenvalue weighted by atomic mass is 79.9. The van der Waals surface area contributed by atoms with Gasteiger partial charge in [0.25, 0.3) is 5.91 Å². The zero-order valence-electron chi connectivity index (χ0n) is 9.59. The van der Waals surface area contributed by atoms with E-state index in [0.29, 0.717) is 12.0 Å². The van der Waals surface area contributed by atoms with Gasteiger partial charge >= 0.3 is 0 Å². The van der Waals surface area contributed by atoms with Gasteiger partial charge in [-0.15, -0.1) is 0 Å². The summed E-state index contributed by atoms with van der Waals surface area (Å²) in [6, 6.07) is 6.01. The molecular weight excluding hydrogens is 266 g/mol.